The molecule has 0 amide bonds. The first-order valence-corrected chi connectivity index (χ1v) is 5.52. The fourth-order valence-electron chi connectivity index (χ4n) is 0.963. The molecule has 3 N–H and O–H groups in total. The van der Waals surface area contributed by atoms with Crippen LogP contribution in [-0.2, 0) is 0 Å². The minimum absolute atomic E-state index is 0. The van der Waals surface area contributed by atoms with Crippen LogP contribution in [0.5, 0.6) is 0 Å². The molecule has 3 nitrogen and oxygen atoms in total. The molecule has 0 fully saturated rings. The molecule has 5 heteroatoms. The Morgan fingerprint density at radius 3 is 2.29 bits per heavy atom. The third kappa shape index (κ3) is 4.85. The maximum absolute atomic E-state index is 9.62. The summed E-state index contributed by atoms with van der Waals surface area (Å²) in [5.41, 5.74) is 0. The van der Waals surface area contributed by atoms with E-state index in [1.165, 1.54) is 0 Å². The number of rotatable bonds is 4. The number of hydrogen-bond donors (Lipinski definition) is 3. The topological polar surface area (TPSA) is 60.7 Å². The predicted octanol–water partition coefficient (Wildman–Crippen LogP) is -0.594. The summed E-state index contributed by atoms with van der Waals surface area (Å²) < 4.78 is 0. The van der Waals surface area contributed by atoms with Crippen molar-refractivity contribution in [2.24, 2.45) is 0 Å². The summed E-state index contributed by atoms with van der Waals surface area (Å²) in [7, 11) is -1.33. The molecular formula is C9H14NaO3P. The normalized spacial score (nSPS) is 14.2. The van der Waals surface area contributed by atoms with Gasteiger partial charge in [0, 0.05) is 11.5 Å². The van der Waals surface area contributed by atoms with Gasteiger partial charge in [-0.05, 0) is 0 Å². The quantitative estimate of drug-likeness (QED) is 0.473. The van der Waals surface area contributed by atoms with Crippen LogP contribution in [0.1, 0.15) is 0 Å². The summed E-state index contributed by atoms with van der Waals surface area (Å²) in [6.45, 7) is -0.299. The van der Waals surface area contributed by atoms with E-state index in [0.717, 1.165) is 5.30 Å². The fraction of sp³-hybridized carbons (Fsp3) is 0.333. The van der Waals surface area contributed by atoms with Crippen molar-refractivity contribution < 1.29 is 15.1 Å². The zero-order valence-corrected chi connectivity index (χ0v) is 8.06. The van der Waals surface area contributed by atoms with Crippen LogP contribution in [0, 0.1) is 0 Å². The molecule has 0 aromatic heterocycles. The van der Waals surface area contributed by atoms with E-state index in [4.69, 9.17) is 10.2 Å². The van der Waals surface area contributed by atoms with Crippen molar-refractivity contribution in [3.8, 4) is 0 Å². The van der Waals surface area contributed by atoms with Crippen LogP contribution >= 0.6 is 8.15 Å². The minimum atomic E-state index is -1.33. The van der Waals surface area contributed by atoms with Crippen LogP contribution in [0.25, 0.3) is 0 Å². The van der Waals surface area contributed by atoms with E-state index >= 15 is 0 Å². The van der Waals surface area contributed by atoms with Gasteiger partial charge < -0.3 is 15.1 Å². The SMILES string of the molecule is OCC(O)CP(O)c1ccccc1.[NaH]. The van der Waals surface area contributed by atoms with Crippen LogP contribution < -0.4 is 5.30 Å². The van der Waals surface area contributed by atoms with E-state index in [0.29, 0.717) is 0 Å². The molecule has 0 heterocycles. The van der Waals surface area contributed by atoms with Crippen LogP contribution in [-0.4, -0.2) is 63.5 Å². The van der Waals surface area contributed by atoms with Crippen molar-refractivity contribution in [2.75, 3.05) is 12.8 Å². The van der Waals surface area contributed by atoms with E-state index in [9.17, 15) is 4.89 Å². The Bertz CT molecular complexity index is 245. The Morgan fingerprint density at radius 1 is 1.21 bits per heavy atom. The van der Waals surface area contributed by atoms with Crippen molar-refractivity contribution in [3.05, 3.63) is 30.3 Å². The van der Waals surface area contributed by atoms with Crippen molar-refractivity contribution in [3.63, 3.8) is 0 Å². The van der Waals surface area contributed by atoms with Gasteiger partial charge in [-0.2, -0.15) is 0 Å². The first kappa shape index (κ1) is 14.5. The third-order valence-corrected chi connectivity index (χ3v) is 3.31. The Morgan fingerprint density at radius 2 is 1.79 bits per heavy atom. The maximum atomic E-state index is 9.62. The van der Waals surface area contributed by atoms with E-state index in [1.54, 1.807) is 0 Å². The molecule has 1 aromatic rings. The Hall–Kier alpha value is 0.530. The van der Waals surface area contributed by atoms with Crippen molar-refractivity contribution in [2.45, 2.75) is 6.10 Å². The Kier molecular flexibility index (Phi) is 8.07. The summed E-state index contributed by atoms with van der Waals surface area (Å²) in [6, 6.07) is 9.18. The van der Waals surface area contributed by atoms with Gasteiger partial charge in [0.05, 0.1) is 20.9 Å². The number of benzene rings is 1. The van der Waals surface area contributed by atoms with Crippen LogP contribution in [0.4, 0.5) is 0 Å². The van der Waals surface area contributed by atoms with Gasteiger partial charge in [-0.1, -0.05) is 30.3 Å². The molecular weight excluding hydrogens is 210 g/mol. The first-order valence-electron chi connectivity index (χ1n) is 4.04. The van der Waals surface area contributed by atoms with Gasteiger partial charge in [-0.25, -0.2) is 0 Å². The summed E-state index contributed by atoms with van der Waals surface area (Å²) in [5.74, 6) is 0. The summed E-state index contributed by atoms with van der Waals surface area (Å²) in [6.07, 6.45) is -0.591. The summed E-state index contributed by atoms with van der Waals surface area (Å²) >= 11 is 0. The molecule has 0 spiro atoms. The summed E-state index contributed by atoms with van der Waals surface area (Å²) in [5, 5.41) is 18.5. The molecule has 0 aliphatic heterocycles. The molecule has 0 aliphatic carbocycles. The second kappa shape index (κ2) is 7.77. The molecule has 0 saturated heterocycles. The average Bonchev–Trinajstić information content (AvgIpc) is 2.19. The van der Waals surface area contributed by atoms with Gasteiger partial charge in [0.1, 0.15) is 0 Å². The monoisotopic (exact) mass is 224 g/mol. The standard InChI is InChI=1S/C9H13O3P.Na.H/c10-6-8(11)7-13(12)9-4-2-1-3-5-9;;/h1-5,8,10-12H,6-7H2;;. The van der Waals surface area contributed by atoms with Crippen LogP contribution in [0.2, 0.25) is 0 Å². The van der Waals surface area contributed by atoms with E-state index in [-0.39, 0.29) is 42.3 Å². The fourth-order valence-corrected chi connectivity index (χ4v) is 2.20. The van der Waals surface area contributed by atoms with E-state index in [2.05, 4.69) is 0 Å². The van der Waals surface area contributed by atoms with E-state index in [1.807, 2.05) is 30.3 Å². The van der Waals surface area contributed by atoms with Gasteiger partial charge in [0.2, 0.25) is 0 Å². The average molecular weight is 224 g/mol. The van der Waals surface area contributed by atoms with Gasteiger partial charge in [0.15, 0.2) is 0 Å². The number of hydrogen-bond acceptors (Lipinski definition) is 3. The predicted molar refractivity (Wildman–Crippen MR) is 60.3 cm³/mol. The van der Waals surface area contributed by atoms with Crippen molar-refractivity contribution >= 4 is 43.0 Å². The van der Waals surface area contributed by atoms with Crippen LogP contribution in [0.3, 0.4) is 0 Å². The molecule has 0 aliphatic rings. The molecule has 0 saturated carbocycles. The second-order valence-electron chi connectivity index (χ2n) is 2.75. The van der Waals surface area contributed by atoms with Gasteiger partial charge in [0.25, 0.3) is 0 Å². The first-order chi connectivity index (χ1) is 6.24. The molecule has 14 heavy (non-hydrogen) atoms. The number of aliphatic hydroxyl groups is 2. The van der Waals surface area contributed by atoms with Gasteiger partial charge in [-0.15, -0.1) is 0 Å². The second-order valence-corrected chi connectivity index (χ2v) is 4.43. The Labute approximate surface area is 107 Å². The molecule has 2 atom stereocenters. The molecule has 1 aromatic carbocycles. The molecule has 1 rings (SSSR count). The van der Waals surface area contributed by atoms with Crippen molar-refractivity contribution in [1.29, 1.82) is 0 Å². The van der Waals surface area contributed by atoms with E-state index < -0.39 is 14.3 Å². The molecule has 0 radical (unpaired) electrons. The molecule has 74 valence electrons. The summed E-state index contributed by atoms with van der Waals surface area (Å²) in [4.78, 5) is 9.62. The zero-order chi connectivity index (χ0) is 9.68. The zero-order valence-electron chi connectivity index (χ0n) is 7.17. The van der Waals surface area contributed by atoms with Crippen LogP contribution in [0.15, 0.2) is 30.3 Å². The molecule has 2 unspecified atom stereocenters. The number of aliphatic hydroxyl groups excluding tert-OH is 2. The Balaban J connectivity index is 0.00000169. The van der Waals surface area contributed by atoms with Crippen molar-refractivity contribution in [1.82, 2.24) is 0 Å². The van der Waals surface area contributed by atoms with Gasteiger partial charge in [-0.3, -0.25) is 0 Å². The molecule has 0 bridgehead atoms. The van der Waals surface area contributed by atoms with Gasteiger partial charge >= 0.3 is 29.6 Å². The third-order valence-electron chi connectivity index (χ3n) is 1.65.